The Kier molecular flexibility index (Phi) is 2.90. The van der Waals surface area contributed by atoms with Gasteiger partial charge in [-0.25, -0.2) is 0 Å². The molecule has 1 aliphatic heterocycles. The second kappa shape index (κ2) is 4.86. The van der Waals surface area contributed by atoms with Gasteiger partial charge in [0.05, 0.1) is 0 Å². The van der Waals surface area contributed by atoms with Crippen molar-refractivity contribution in [1.29, 1.82) is 0 Å². The molecular formula is C18H12O6. The highest BCUT2D eigenvalue weighted by Crippen LogP contribution is 2.48. The standard InChI is InChI=1S/C18H12O6/c19-12-5-4-9-7-10-14-8(6-11(15(10)20)18(22)23)2-1-3-13(14)24-17(9)16(12)21/h1-5,7,11,19,21H,6H2,(H,22,23). The van der Waals surface area contributed by atoms with Crippen LogP contribution in [-0.4, -0.2) is 27.1 Å². The van der Waals surface area contributed by atoms with Crippen LogP contribution in [0.1, 0.15) is 16.7 Å². The molecule has 6 nitrogen and oxygen atoms in total. The van der Waals surface area contributed by atoms with Gasteiger partial charge in [-0.3, -0.25) is 9.59 Å². The molecule has 4 rings (SSSR count). The number of carboxylic acid groups (broad SMARTS) is 1. The molecule has 3 N–H and O–H groups in total. The lowest BCUT2D eigenvalue weighted by molar-refractivity contribution is -0.144. The summed E-state index contributed by atoms with van der Waals surface area (Å²) >= 11 is 0. The van der Waals surface area contributed by atoms with Crippen molar-refractivity contribution in [3.8, 4) is 23.0 Å². The molecule has 0 saturated heterocycles. The zero-order valence-corrected chi connectivity index (χ0v) is 12.3. The molecule has 0 aromatic heterocycles. The van der Waals surface area contributed by atoms with Crippen LogP contribution in [0.5, 0.6) is 23.0 Å². The first kappa shape index (κ1) is 14.3. The third kappa shape index (κ3) is 1.89. The van der Waals surface area contributed by atoms with Crippen molar-refractivity contribution in [3.63, 3.8) is 0 Å². The highest BCUT2D eigenvalue weighted by Gasteiger charge is 2.38. The number of phenolic OH excluding ortho intramolecular Hbond substituents is 2. The van der Waals surface area contributed by atoms with Crippen LogP contribution in [-0.2, 0) is 16.0 Å². The van der Waals surface area contributed by atoms with E-state index in [0.717, 1.165) is 0 Å². The predicted octanol–water partition coefficient (Wildman–Crippen LogP) is 2.57. The van der Waals surface area contributed by atoms with Gasteiger partial charge >= 0.3 is 5.97 Å². The van der Waals surface area contributed by atoms with Crippen LogP contribution in [0.15, 0.2) is 30.3 Å². The fraction of sp³-hybridized carbons (Fsp3) is 0.111. The summed E-state index contributed by atoms with van der Waals surface area (Å²) in [4.78, 5) is 24.1. The minimum absolute atomic E-state index is 0.0324. The molecule has 0 saturated carbocycles. The lowest BCUT2D eigenvalue weighted by Crippen LogP contribution is -2.31. The molecular weight excluding hydrogens is 312 g/mol. The number of carboxylic acids is 1. The minimum atomic E-state index is -1.17. The number of allylic oxidation sites excluding steroid dienone is 1. The number of rotatable bonds is 1. The van der Waals surface area contributed by atoms with Crippen LogP contribution >= 0.6 is 0 Å². The average Bonchev–Trinajstić information content (AvgIpc) is 2.72. The fourth-order valence-electron chi connectivity index (χ4n) is 3.17. The van der Waals surface area contributed by atoms with E-state index in [2.05, 4.69) is 0 Å². The number of carbonyl (C=O) groups is 2. The van der Waals surface area contributed by atoms with Crippen LogP contribution in [0.2, 0.25) is 0 Å². The fourth-order valence-corrected chi connectivity index (χ4v) is 3.17. The van der Waals surface area contributed by atoms with Gasteiger partial charge in [-0.05, 0) is 36.3 Å². The quantitative estimate of drug-likeness (QED) is 0.550. The van der Waals surface area contributed by atoms with Crippen molar-refractivity contribution in [1.82, 2.24) is 0 Å². The van der Waals surface area contributed by atoms with Gasteiger partial charge in [-0.2, -0.15) is 0 Å². The lowest BCUT2D eigenvalue weighted by Gasteiger charge is -2.23. The second-order valence-corrected chi connectivity index (χ2v) is 5.76. The number of hydrogen-bond acceptors (Lipinski definition) is 5. The maximum absolute atomic E-state index is 12.6. The second-order valence-electron chi connectivity index (χ2n) is 5.76. The molecule has 0 spiro atoms. The summed E-state index contributed by atoms with van der Waals surface area (Å²) in [6.07, 6.45) is 1.59. The highest BCUT2D eigenvalue weighted by atomic mass is 16.5. The third-order valence-electron chi connectivity index (χ3n) is 4.34. The molecule has 2 aromatic carbocycles. The van der Waals surface area contributed by atoms with Crippen molar-refractivity contribution >= 4 is 23.4 Å². The molecule has 0 bridgehead atoms. The molecule has 2 aliphatic rings. The molecule has 6 heteroatoms. The van der Waals surface area contributed by atoms with Crippen LogP contribution in [0.4, 0.5) is 0 Å². The Labute approximate surface area is 136 Å². The van der Waals surface area contributed by atoms with Crippen LogP contribution in [0.25, 0.3) is 11.6 Å². The van der Waals surface area contributed by atoms with Crippen molar-refractivity contribution in [2.45, 2.75) is 6.42 Å². The number of hydrogen-bond donors (Lipinski definition) is 3. The van der Waals surface area contributed by atoms with E-state index < -0.39 is 23.4 Å². The number of fused-ring (bicyclic) bond motifs is 1. The van der Waals surface area contributed by atoms with Gasteiger partial charge in [-0.1, -0.05) is 12.1 Å². The number of Topliss-reactive ketones (excluding diaryl/α,β-unsaturated/α-hetero) is 1. The normalized spacial score (nSPS) is 17.9. The van der Waals surface area contributed by atoms with Crippen LogP contribution in [0, 0.1) is 5.92 Å². The summed E-state index contributed by atoms with van der Waals surface area (Å²) in [5.41, 5.74) is 1.86. The molecule has 120 valence electrons. The SMILES string of the molecule is O=C(O)C1Cc2cccc3c2C(=Cc2ccc(O)c(O)c2O3)C1=O. The number of phenols is 2. The number of benzene rings is 2. The molecule has 2 aromatic rings. The third-order valence-corrected chi connectivity index (χ3v) is 4.34. The van der Waals surface area contributed by atoms with E-state index in [9.17, 15) is 24.9 Å². The summed E-state index contributed by atoms with van der Waals surface area (Å²) in [6, 6.07) is 7.88. The van der Waals surface area contributed by atoms with E-state index in [1.54, 1.807) is 18.2 Å². The number of carbonyl (C=O) groups excluding carboxylic acids is 1. The highest BCUT2D eigenvalue weighted by molar-refractivity contribution is 6.32. The number of ketones is 1. The lowest BCUT2D eigenvalue weighted by atomic mass is 9.78. The summed E-state index contributed by atoms with van der Waals surface area (Å²) in [5, 5.41) is 29.1. The van der Waals surface area contributed by atoms with E-state index in [1.165, 1.54) is 18.2 Å². The van der Waals surface area contributed by atoms with Crippen LogP contribution < -0.4 is 4.74 Å². The van der Waals surface area contributed by atoms with Gasteiger partial charge in [0, 0.05) is 16.7 Å². The van der Waals surface area contributed by atoms with E-state index in [4.69, 9.17) is 4.74 Å². The molecule has 1 aliphatic carbocycles. The molecule has 1 unspecified atom stereocenters. The Balaban J connectivity index is 2.03. The van der Waals surface area contributed by atoms with Gasteiger partial charge in [0.2, 0.25) is 5.75 Å². The Morgan fingerprint density at radius 2 is 1.96 bits per heavy atom. The Morgan fingerprint density at radius 3 is 2.71 bits per heavy atom. The molecule has 24 heavy (non-hydrogen) atoms. The Bertz CT molecular complexity index is 941. The first-order chi connectivity index (χ1) is 11.5. The number of aromatic hydroxyl groups is 2. The van der Waals surface area contributed by atoms with E-state index >= 15 is 0 Å². The van der Waals surface area contributed by atoms with Gasteiger partial charge in [0.1, 0.15) is 11.7 Å². The largest absolute Gasteiger partial charge is 0.504 e. The Hall–Kier alpha value is -3.28. The van der Waals surface area contributed by atoms with E-state index in [-0.39, 0.29) is 23.5 Å². The smallest absolute Gasteiger partial charge is 0.314 e. The molecule has 1 heterocycles. The predicted molar refractivity (Wildman–Crippen MR) is 84.0 cm³/mol. The van der Waals surface area contributed by atoms with Gasteiger partial charge < -0.3 is 20.1 Å². The number of ether oxygens (including phenoxy) is 1. The van der Waals surface area contributed by atoms with Crippen molar-refractivity contribution in [3.05, 3.63) is 47.0 Å². The molecule has 0 fully saturated rings. The van der Waals surface area contributed by atoms with Gasteiger partial charge in [0.15, 0.2) is 17.3 Å². The molecule has 1 atom stereocenters. The van der Waals surface area contributed by atoms with Crippen LogP contribution in [0.3, 0.4) is 0 Å². The first-order valence-corrected chi connectivity index (χ1v) is 7.31. The first-order valence-electron chi connectivity index (χ1n) is 7.31. The number of aliphatic carboxylic acids is 1. The average molecular weight is 324 g/mol. The summed E-state index contributed by atoms with van der Waals surface area (Å²) < 4.78 is 5.74. The summed E-state index contributed by atoms with van der Waals surface area (Å²) in [7, 11) is 0. The van der Waals surface area contributed by atoms with Crippen molar-refractivity contribution < 1.29 is 29.6 Å². The maximum Gasteiger partial charge on any atom is 0.314 e. The van der Waals surface area contributed by atoms with Crippen molar-refractivity contribution in [2.24, 2.45) is 5.92 Å². The van der Waals surface area contributed by atoms with Gasteiger partial charge in [0.25, 0.3) is 0 Å². The minimum Gasteiger partial charge on any atom is -0.504 e. The maximum atomic E-state index is 12.6. The zero-order chi connectivity index (χ0) is 17.0. The molecule has 0 amide bonds. The summed E-state index contributed by atoms with van der Waals surface area (Å²) in [6.45, 7) is 0. The zero-order valence-electron chi connectivity index (χ0n) is 12.3. The van der Waals surface area contributed by atoms with Crippen molar-refractivity contribution in [2.75, 3.05) is 0 Å². The monoisotopic (exact) mass is 324 g/mol. The van der Waals surface area contributed by atoms with E-state index in [0.29, 0.717) is 22.4 Å². The van der Waals surface area contributed by atoms with E-state index in [1.807, 2.05) is 0 Å². The van der Waals surface area contributed by atoms with Gasteiger partial charge in [-0.15, -0.1) is 0 Å². The summed E-state index contributed by atoms with van der Waals surface area (Å²) in [5.74, 6) is -3.20. The Morgan fingerprint density at radius 1 is 1.17 bits per heavy atom. The topological polar surface area (TPSA) is 104 Å². The molecule has 0 radical (unpaired) electrons.